The second kappa shape index (κ2) is 4.57. The number of carbonyl (C=O) groups is 1. The third kappa shape index (κ3) is 2.19. The van der Waals surface area contributed by atoms with Crippen LogP contribution >= 0.6 is 15.9 Å². The van der Waals surface area contributed by atoms with Crippen LogP contribution in [-0.4, -0.2) is 37.5 Å². The van der Waals surface area contributed by atoms with Gasteiger partial charge in [-0.1, -0.05) is 28.1 Å². The van der Waals surface area contributed by atoms with E-state index in [2.05, 4.69) is 15.9 Å². The Balaban J connectivity index is 2.50. The number of halogens is 1. The Morgan fingerprint density at radius 2 is 1.95 bits per heavy atom. The predicted molar refractivity (Wildman–Crippen MR) is 74.6 cm³/mol. The van der Waals surface area contributed by atoms with Crippen LogP contribution in [0.25, 0.3) is 0 Å². The van der Waals surface area contributed by atoms with Gasteiger partial charge in [0, 0.05) is 23.2 Å². The fourth-order valence-corrected chi connectivity index (χ4v) is 4.95. The Labute approximate surface area is 119 Å². The summed E-state index contributed by atoms with van der Waals surface area (Å²) in [5.41, 5.74) is 4.85. The van der Waals surface area contributed by atoms with Gasteiger partial charge in [-0.15, -0.1) is 0 Å². The molecule has 0 radical (unpaired) electrons. The van der Waals surface area contributed by atoms with Crippen molar-refractivity contribution in [2.45, 2.75) is 11.2 Å². The summed E-state index contributed by atoms with van der Waals surface area (Å²) in [7, 11) is -3.47. The number of benzene rings is 1. The van der Waals surface area contributed by atoms with E-state index >= 15 is 0 Å². The maximum Gasteiger partial charge on any atom is 0.312 e. The first-order valence-corrected chi connectivity index (χ1v) is 8.37. The number of carboxylic acids is 1. The summed E-state index contributed by atoms with van der Waals surface area (Å²) in [6, 6.07) is 6.98. The number of hydrogen-bond acceptors (Lipinski definition) is 4. The highest BCUT2D eigenvalue weighted by molar-refractivity contribution is 9.10. The number of carboxylic acid groups (broad SMARTS) is 1. The largest absolute Gasteiger partial charge is 0.481 e. The molecule has 5 nitrogen and oxygen atoms in total. The molecular weight excluding hydrogens is 334 g/mol. The third-order valence-electron chi connectivity index (χ3n) is 3.68. The van der Waals surface area contributed by atoms with E-state index in [1.807, 2.05) is 0 Å². The van der Waals surface area contributed by atoms with Gasteiger partial charge in [0.25, 0.3) is 0 Å². The minimum Gasteiger partial charge on any atom is -0.481 e. The molecular formula is C12H14BrNO4S. The third-order valence-corrected chi connectivity index (χ3v) is 5.83. The molecule has 7 heteroatoms. The van der Waals surface area contributed by atoms with Gasteiger partial charge in [0.2, 0.25) is 0 Å². The lowest BCUT2D eigenvalue weighted by molar-refractivity contribution is -0.143. The summed E-state index contributed by atoms with van der Waals surface area (Å²) in [5, 5.41) is 8.42. The van der Waals surface area contributed by atoms with Gasteiger partial charge in [-0.25, -0.2) is 8.42 Å². The summed E-state index contributed by atoms with van der Waals surface area (Å²) < 4.78 is 24.4. The smallest absolute Gasteiger partial charge is 0.312 e. The summed E-state index contributed by atoms with van der Waals surface area (Å²) in [4.78, 5) is 11.5. The van der Waals surface area contributed by atoms with E-state index in [9.17, 15) is 18.3 Å². The molecule has 19 heavy (non-hydrogen) atoms. The Hall–Kier alpha value is -0.920. The van der Waals surface area contributed by atoms with E-state index in [1.54, 1.807) is 24.3 Å². The molecule has 2 rings (SSSR count). The fourth-order valence-electron chi connectivity index (χ4n) is 2.76. The predicted octanol–water partition coefficient (Wildman–Crippen LogP) is 0.989. The monoisotopic (exact) mass is 347 g/mol. The van der Waals surface area contributed by atoms with E-state index in [4.69, 9.17) is 5.73 Å². The van der Waals surface area contributed by atoms with Crippen LogP contribution in [0.1, 0.15) is 11.5 Å². The second-order valence-corrected chi connectivity index (χ2v) is 7.91. The van der Waals surface area contributed by atoms with Crippen molar-refractivity contribution in [1.82, 2.24) is 0 Å². The number of rotatable bonds is 4. The summed E-state index contributed by atoms with van der Waals surface area (Å²) in [6.07, 6.45) is 1.06. The van der Waals surface area contributed by atoms with E-state index in [0.717, 1.165) is 10.7 Å². The molecule has 0 heterocycles. The summed E-state index contributed by atoms with van der Waals surface area (Å²) in [6.45, 7) is -0.194. The molecule has 1 aromatic rings. The zero-order valence-electron chi connectivity index (χ0n) is 10.2. The first-order chi connectivity index (χ1) is 8.75. The number of nitrogens with two attached hydrogens (primary N) is 1. The molecule has 3 N–H and O–H groups in total. The van der Waals surface area contributed by atoms with Crippen molar-refractivity contribution in [3.05, 3.63) is 34.3 Å². The van der Waals surface area contributed by atoms with Gasteiger partial charge in [0.1, 0.15) is 5.41 Å². The van der Waals surface area contributed by atoms with Crippen molar-refractivity contribution in [2.24, 2.45) is 11.1 Å². The lowest BCUT2D eigenvalue weighted by Crippen LogP contribution is -2.31. The first-order valence-electron chi connectivity index (χ1n) is 5.63. The molecule has 1 saturated carbocycles. The van der Waals surface area contributed by atoms with Crippen LogP contribution < -0.4 is 5.73 Å². The molecule has 1 aliphatic carbocycles. The second-order valence-electron chi connectivity index (χ2n) is 4.83. The maximum atomic E-state index is 11.8. The van der Waals surface area contributed by atoms with Crippen molar-refractivity contribution in [3.63, 3.8) is 0 Å². The SMILES string of the molecule is CS(=O)(=O)[C@@H]1[C@@H](c2ccc(Br)cc2)[C@]1(CN)C(=O)O. The van der Waals surface area contributed by atoms with Crippen molar-refractivity contribution in [1.29, 1.82) is 0 Å². The summed E-state index contributed by atoms with van der Waals surface area (Å²) in [5.74, 6) is -1.74. The highest BCUT2D eigenvalue weighted by Crippen LogP contribution is 2.62. The molecule has 0 amide bonds. The minimum absolute atomic E-state index is 0.194. The van der Waals surface area contributed by atoms with Crippen molar-refractivity contribution < 1.29 is 18.3 Å². The van der Waals surface area contributed by atoms with Gasteiger partial charge in [-0.05, 0) is 17.7 Å². The van der Waals surface area contributed by atoms with Gasteiger partial charge in [-0.3, -0.25) is 4.79 Å². The van der Waals surface area contributed by atoms with Crippen molar-refractivity contribution >= 4 is 31.7 Å². The van der Waals surface area contributed by atoms with E-state index in [1.165, 1.54) is 0 Å². The van der Waals surface area contributed by atoms with Gasteiger partial charge >= 0.3 is 5.97 Å². The Morgan fingerprint density at radius 3 is 2.26 bits per heavy atom. The van der Waals surface area contributed by atoms with Crippen LogP contribution in [0, 0.1) is 5.41 Å². The number of aliphatic carboxylic acids is 1. The van der Waals surface area contributed by atoms with Crippen LogP contribution in [0.3, 0.4) is 0 Å². The molecule has 3 atom stereocenters. The van der Waals surface area contributed by atoms with Gasteiger partial charge in [0.05, 0.1) is 5.25 Å². The van der Waals surface area contributed by atoms with E-state index in [0.29, 0.717) is 5.56 Å². The molecule has 104 valence electrons. The average Bonchev–Trinajstić information content (AvgIpc) is 3.00. The lowest BCUT2D eigenvalue weighted by Gasteiger charge is -2.09. The lowest BCUT2D eigenvalue weighted by atomic mass is 9.99. The van der Waals surface area contributed by atoms with Crippen LogP contribution in [0.5, 0.6) is 0 Å². The standard InChI is InChI=1S/C12H14BrNO4S/c1-19(17,18)10-9(12(10,6-14)11(15)16)7-2-4-8(13)5-3-7/h2-5,9-10H,6,14H2,1H3,(H,15,16)/t9-,10-,12+/m1/s1. The average molecular weight is 348 g/mol. The Bertz CT molecular complexity index is 613. The molecule has 1 aromatic carbocycles. The highest BCUT2D eigenvalue weighted by Gasteiger charge is 2.74. The van der Waals surface area contributed by atoms with Crippen LogP contribution in [-0.2, 0) is 14.6 Å². The fraction of sp³-hybridized carbons (Fsp3) is 0.417. The summed E-state index contributed by atoms with van der Waals surface area (Å²) >= 11 is 3.28. The van der Waals surface area contributed by atoms with E-state index in [-0.39, 0.29) is 6.54 Å². The Kier molecular flexibility index (Phi) is 3.49. The molecule has 0 saturated heterocycles. The van der Waals surface area contributed by atoms with Crippen molar-refractivity contribution in [3.8, 4) is 0 Å². The number of hydrogen-bond donors (Lipinski definition) is 2. The zero-order valence-corrected chi connectivity index (χ0v) is 12.6. The molecule has 1 fully saturated rings. The highest BCUT2D eigenvalue weighted by atomic mass is 79.9. The first kappa shape index (κ1) is 14.5. The van der Waals surface area contributed by atoms with Crippen LogP contribution in [0.4, 0.5) is 0 Å². The quantitative estimate of drug-likeness (QED) is 0.846. The minimum atomic E-state index is -3.47. The molecule has 0 unspecified atom stereocenters. The number of sulfone groups is 1. The van der Waals surface area contributed by atoms with E-state index < -0.39 is 32.4 Å². The molecule has 1 aliphatic rings. The normalized spacial score (nSPS) is 30.1. The van der Waals surface area contributed by atoms with Gasteiger partial charge in [0.15, 0.2) is 9.84 Å². The van der Waals surface area contributed by atoms with Crippen LogP contribution in [0.15, 0.2) is 28.7 Å². The zero-order chi connectivity index (χ0) is 14.4. The molecule has 0 aliphatic heterocycles. The molecule has 0 aromatic heterocycles. The van der Waals surface area contributed by atoms with Crippen molar-refractivity contribution in [2.75, 3.05) is 12.8 Å². The Morgan fingerprint density at radius 1 is 1.42 bits per heavy atom. The maximum absolute atomic E-state index is 11.8. The van der Waals surface area contributed by atoms with Gasteiger partial charge in [-0.2, -0.15) is 0 Å². The molecule has 0 bridgehead atoms. The topological polar surface area (TPSA) is 97.5 Å². The molecule has 0 spiro atoms. The van der Waals surface area contributed by atoms with Crippen LogP contribution in [0.2, 0.25) is 0 Å². The van der Waals surface area contributed by atoms with Gasteiger partial charge < -0.3 is 10.8 Å².